The molecule has 0 aliphatic heterocycles. The number of para-hydroxylation sites is 5. The molecule has 0 aliphatic rings. The minimum atomic E-state index is 0.783. The van der Waals surface area contributed by atoms with E-state index in [1.165, 1.54) is 59.6 Å². The molecule has 8 aromatic carbocycles. The topological polar surface area (TPSA) is 48.3 Å². The first kappa shape index (κ1) is 26.0. The van der Waals surface area contributed by atoms with Crippen LogP contribution in [0.3, 0.4) is 0 Å². The second-order valence-electron chi connectivity index (χ2n) is 13.7. The summed E-state index contributed by atoms with van der Waals surface area (Å²) in [7, 11) is 0. The molecule has 0 spiro atoms. The predicted octanol–water partition coefficient (Wildman–Crippen LogP) is 12.0. The zero-order chi connectivity index (χ0) is 32.9. The van der Waals surface area contributed by atoms with E-state index in [2.05, 4.69) is 124 Å². The molecule has 5 aromatic heterocycles. The Kier molecular flexibility index (Phi) is 4.57. The van der Waals surface area contributed by atoms with E-state index < -0.39 is 0 Å². The Morgan fingerprint density at radius 2 is 1.10 bits per heavy atom. The monoisotopic (exact) mass is 648 g/mol. The van der Waals surface area contributed by atoms with E-state index in [-0.39, 0.29) is 0 Å². The van der Waals surface area contributed by atoms with Crippen molar-refractivity contribution in [3.8, 4) is 17.1 Å². The summed E-state index contributed by atoms with van der Waals surface area (Å²) >= 11 is 0. The molecule has 0 amide bonds. The number of aromatic nitrogens is 4. The van der Waals surface area contributed by atoms with Crippen LogP contribution in [0.2, 0.25) is 0 Å². The van der Waals surface area contributed by atoms with Crippen molar-refractivity contribution in [2.45, 2.75) is 0 Å². The molecule has 51 heavy (non-hydrogen) atoms. The molecule has 13 aromatic rings. The molecular formula is C46H24N4O. The van der Waals surface area contributed by atoms with Crippen LogP contribution in [-0.2, 0) is 0 Å². The van der Waals surface area contributed by atoms with Gasteiger partial charge in [0.25, 0.3) is 0 Å². The second-order valence-corrected chi connectivity index (χ2v) is 13.7. The third-order valence-electron chi connectivity index (χ3n) is 11.2. The Labute approximate surface area is 288 Å². The molecule has 5 heterocycles. The predicted molar refractivity (Wildman–Crippen MR) is 210 cm³/mol. The van der Waals surface area contributed by atoms with Crippen molar-refractivity contribution in [3.05, 3.63) is 146 Å². The van der Waals surface area contributed by atoms with E-state index in [4.69, 9.17) is 14.4 Å². The lowest BCUT2D eigenvalue weighted by Crippen LogP contribution is -2.04. The van der Waals surface area contributed by atoms with Crippen LogP contribution in [0, 0.1) is 0 Å². The maximum absolute atomic E-state index is 6.62. The van der Waals surface area contributed by atoms with E-state index >= 15 is 0 Å². The number of nitrogens with zero attached hydrogens (tertiary/aromatic N) is 4. The maximum atomic E-state index is 6.62. The van der Waals surface area contributed by atoms with Crippen LogP contribution < -0.4 is 0 Å². The van der Waals surface area contributed by atoms with Gasteiger partial charge < -0.3 is 8.82 Å². The minimum Gasteiger partial charge on any atom is -0.455 e. The van der Waals surface area contributed by atoms with Crippen molar-refractivity contribution >= 4 is 104 Å². The lowest BCUT2D eigenvalue weighted by Gasteiger charge is -2.15. The number of fused-ring (bicyclic) bond motifs is 8. The zero-order valence-electron chi connectivity index (χ0n) is 27.1. The largest absolute Gasteiger partial charge is 0.455 e. The van der Waals surface area contributed by atoms with Gasteiger partial charge in [-0.15, -0.1) is 0 Å². The molecule has 0 unspecified atom stereocenters. The highest BCUT2D eigenvalue weighted by molar-refractivity contribution is 6.37. The zero-order valence-corrected chi connectivity index (χ0v) is 27.1. The van der Waals surface area contributed by atoms with Crippen LogP contribution >= 0.6 is 0 Å². The van der Waals surface area contributed by atoms with E-state index in [1.54, 1.807) is 0 Å². The van der Waals surface area contributed by atoms with Crippen molar-refractivity contribution in [1.82, 2.24) is 18.9 Å². The highest BCUT2D eigenvalue weighted by atomic mass is 16.3. The van der Waals surface area contributed by atoms with Crippen molar-refractivity contribution in [3.63, 3.8) is 0 Å². The van der Waals surface area contributed by atoms with Crippen LogP contribution in [0.15, 0.2) is 150 Å². The smallest absolute Gasteiger partial charge is 0.165 e. The van der Waals surface area contributed by atoms with Crippen LogP contribution in [0.25, 0.3) is 121 Å². The molecule has 13 rings (SSSR count). The van der Waals surface area contributed by atoms with E-state index in [9.17, 15) is 0 Å². The van der Waals surface area contributed by atoms with E-state index in [0.717, 1.165) is 61.1 Å². The molecule has 5 nitrogen and oxygen atoms in total. The van der Waals surface area contributed by atoms with Gasteiger partial charge in [-0.05, 0) is 59.3 Å². The van der Waals surface area contributed by atoms with Gasteiger partial charge >= 0.3 is 0 Å². The first-order valence-electron chi connectivity index (χ1n) is 17.3. The standard InChI is InChI=1S/C46H24N4O/c1-5-16-34-27(10-1)29-22-19-26-21-24-37-42-40(26)44(29)49(34)35-17-7-9-25-20-23-36(41(42)39(25)35)50(37)46-43(47-32-14-3-4-15-33(32)48-46)31-13-8-12-30-28-11-2-6-18-38(28)51-45(30)31/h1-24H. The van der Waals surface area contributed by atoms with Crippen LogP contribution in [0.5, 0.6) is 0 Å². The van der Waals surface area contributed by atoms with Crippen LogP contribution in [-0.4, -0.2) is 18.9 Å². The van der Waals surface area contributed by atoms with Crippen molar-refractivity contribution in [2.24, 2.45) is 0 Å². The minimum absolute atomic E-state index is 0.783. The molecule has 0 N–H and O–H groups in total. The van der Waals surface area contributed by atoms with Gasteiger partial charge in [0.05, 0.1) is 38.6 Å². The first-order chi connectivity index (χ1) is 25.3. The summed E-state index contributed by atoms with van der Waals surface area (Å²) in [6, 6.07) is 52.0. The summed E-state index contributed by atoms with van der Waals surface area (Å²) in [5.74, 6) is 0.783. The summed E-state index contributed by atoms with van der Waals surface area (Å²) in [4.78, 5) is 10.9. The SMILES string of the molecule is c1ccc2nc(-n3c4ccc5cccc6c5c4c4c5c(ccc7c8ccccc8n6c75)ccc43)c(-c3cccc4c3oc3ccccc34)nc2c1. The van der Waals surface area contributed by atoms with Crippen molar-refractivity contribution in [2.75, 3.05) is 0 Å². The fourth-order valence-corrected chi connectivity index (χ4v) is 9.14. The second kappa shape index (κ2) is 8.97. The van der Waals surface area contributed by atoms with Gasteiger partial charge in [0.1, 0.15) is 16.9 Å². The molecule has 0 bridgehead atoms. The molecule has 0 fully saturated rings. The summed E-state index contributed by atoms with van der Waals surface area (Å²) in [5.41, 5.74) is 11.0. The average molecular weight is 649 g/mol. The molecule has 0 aliphatic carbocycles. The van der Waals surface area contributed by atoms with E-state index in [0.29, 0.717) is 0 Å². The lowest BCUT2D eigenvalue weighted by molar-refractivity contribution is 0.669. The number of benzene rings is 8. The molecule has 0 atom stereocenters. The molecule has 0 radical (unpaired) electrons. The van der Waals surface area contributed by atoms with Crippen LogP contribution in [0.4, 0.5) is 0 Å². The quantitative estimate of drug-likeness (QED) is 0.187. The van der Waals surface area contributed by atoms with Crippen molar-refractivity contribution in [1.29, 1.82) is 0 Å². The van der Waals surface area contributed by atoms with E-state index in [1.807, 2.05) is 30.3 Å². The van der Waals surface area contributed by atoms with Gasteiger partial charge in [-0.1, -0.05) is 97.1 Å². The molecular weight excluding hydrogens is 625 g/mol. The maximum Gasteiger partial charge on any atom is 0.165 e. The highest BCUT2D eigenvalue weighted by Crippen LogP contribution is 2.48. The van der Waals surface area contributed by atoms with Gasteiger partial charge in [0.2, 0.25) is 0 Å². The Bertz CT molecular complexity index is 3600. The third kappa shape index (κ3) is 3.09. The number of furan rings is 1. The fraction of sp³-hybridized carbons (Fsp3) is 0. The normalized spacial score (nSPS) is 12.7. The van der Waals surface area contributed by atoms with Gasteiger partial charge in [0.15, 0.2) is 5.82 Å². The number of hydrogen-bond donors (Lipinski definition) is 0. The van der Waals surface area contributed by atoms with Gasteiger partial charge in [-0.3, -0.25) is 4.57 Å². The number of hydrogen-bond acceptors (Lipinski definition) is 3. The fourth-order valence-electron chi connectivity index (χ4n) is 9.14. The van der Waals surface area contributed by atoms with Gasteiger partial charge in [0, 0.05) is 48.7 Å². The summed E-state index contributed by atoms with van der Waals surface area (Å²) in [6.07, 6.45) is 0. The number of rotatable bonds is 2. The highest BCUT2D eigenvalue weighted by Gasteiger charge is 2.27. The summed E-state index contributed by atoms with van der Waals surface area (Å²) in [5, 5.41) is 12.1. The first-order valence-corrected chi connectivity index (χ1v) is 17.3. The molecule has 5 heteroatoms. The van der Waals surface area contributed by atoms with Gasteiger partial charge in [-0.25, -0.2) is 9.97 Å². The molecule has 0 saturated heterocycles. The van der Waals surface area contributed by atoms with Crippen LogP contribution in [0.1, 0.15) is 0 Å². The Morgan fingerprint density at radius 1 is 0.431 bits per heavy atom. The summed E-state index contributed by atoms with van der Waals surface area (Å²) in [6.45, 7) is 0. The Hall–Kier alpha value is -6.98. The lowest BCUT2D eigenvalue weighted by atomic mass is 9.98. The average Bonchev–Trinajstić information content (AvgIpc) is 3.82. The Morgan fingerprint density at radius 3 is 1.98 bits per heavy atom. The summed E-state index contributed by atoms with van der Waals surface area (Å²) < 4.78 is 11.5. The third-order valence-corrected chi connectivity index (χ3v) is 11.2. The molecule has 0 saturated carbocycles. The molecule has 234 valence electrons. The Balaban J connectivity index is 1.28. The van der Waals surface area contributed by atoms with Crippen molar-refractivity contribution < 1.29 is 4.42 Å². The van der Waals surface area contributed by atoms with Gasteiger partial charge in [-0.2, -0.15) is 0 Å².